The van der Waals surface area contributed by atoms with Gasteiger partial charge < -0.3 is 4.74 Å². The quantitative estimate of drug-likeness (QED) is 0.284. The van der Waals surface area contributed by atoms with E-state index in [2.05, 4.69) is 42.0 Å². The predicted octanol–water partition coefficient (Wildman–Crippen LogP) is 4.73. The molecule has 10 heteroatoms. The van der Waals surface area contributed by atoms with Gasteiger partial charge in [-0.1, -0.05) is 30.3 Å². The van der Waals surface area contributed by atoms with Crippen LogP contribution in [-0.2, 0) is 21.4 Å². The monoisotopic (exact) mass is 531 g/mol. The van der Waals surface area contributed by atoms with Crippen molar-refractivity contribution in [3.05, 3.63) is 102 Å². The third-order valence-electron chi connectivity index (χ3n) is 7.42. The summed E-state index contributed by atoms with van der Waals surface area (Å²) in [7, 11) is 1.33. The Balaban J connectivity index is 1.21. The lowest BCUT2D eigenvalue weighted by Crippen LogP contribution is -2.15. The van der Waals surface area contributed by atoms with Crippen LogP contribution in [-0.4, -0.2) is 47.8 Å². The van der Waals surface area contributed by atoms with Crippen LogP contribution < -0.4 is 0 Å². The number of hydrogen-bond donors (Lipinski definition) is 0. The molecule has 40 heavy (non-hydrogen) atoms. The molecule has 0 amide bonds. The zero-order chi connectivity index (χ0) is 27.3. The number of nitrogens with zero attached hydrogens (tertiary/aromatic N) is 7. The molecule has 0 saturated heterocycles. The Morgan fingerprint density at radius 1 is 0.975 bits per heavy atom. The zero-order valence-corrected chi connectivity index (χ0v) is 21.5. The highest BCUT2D eigenvalue weighted by atomic mass is 19.1. The molecular formula is C30H22FN7O2. The average Bonchev–Trinajstić information content (AvgIpc) is 3.69. The highest BCUT2D eigenvalue weighted by molar-refractivity contribution is 5.79. The van der Waals surface area contributed by atoms with Gasteiger partial charge in [-0.2, -0.15) is 9.61 Å². The summed E-state index contributed by atoms with van der Waals surface area (Å²) in [4.78, 5) is 24.6. The van der Waals surface area contributed by atoms with Gasteiger partial charge in [0.25, 0.3) is 5.78 Å². The molecule has 4 aromatic heterocycles. The molecule has 1 fully saturated rings. The van der Waals surface area contributed by atoms with Gasteiger partial charge in [0.2, 0.25) is 0 Å². The summed E-state index contributed by atoms with van der Waals surface area (Å²) in [5.74, 6) is 0.305. The van der Waals surface area contributed by atoms with Crippen LogP contribution >= 0.6 is 0 Å². The van der Waals surface area contributed by atoms with Gasteiger partial charge in [-0.05, 0) is 48.7 Å². The van der Waals surface area contributed by atoms with E-state index in [4.69, 9.17) is 5.10 Å². The maximum absolute atomic E-state index is 15.3. The van der Waals surface area contributed by atoms with Gasteiger partial charge in [-0.25, -0.2) is 9.37 Å². The number of carbonyl (C=O) groups is 1. The van der Waals surface area contributed by atoms with Gasteiger partial charge in [-0.3, -0.25) is 14.8 Å². The molecule has 0 bridgehead atoms. The molecule has 2 aromatic carbocycles. The fraction of sp³-hybridized carbons (Fsp3) is 0.167. The fourth-order valence-corrected chi connectivity index (χ4v) is 5.08. The molecule has 1 saturated carbocycles. The summed E-state index contributed by atoms with van der Waals surface area (Å²) < 4.78 is 21.6. The van der Waals surface area contributed by atoms with Crippen molar-refractivity contribution < 1.29 is 13.9 Å². The van der Waals surface area contributed by atoms with Crippen molar-refractivity contribution >= 4 is 22.6 Å². The maximum atomic E-state index is 15.3. The van der Waals surface area contributed by atoms with E-state index in [9.17, 15) is 4.79 Å². The lowest BCUT2D eigenvalue weighted by Gasteiger charge is -2.14. The van der Waals surface area contributed by atoms with Crippen LogP contribution in [0.5, 0.6) is 0 Å². The van der Waals surface area contributed by atoms with Crippen molar-refractivity contribution in [3.8, 4) is 22.4 Å². The van der Waals surface area contributed by atoms with E-state index < -0.39 is 5.82 Å². The van der Waals surface area contributed by atoms with E-state index in [0.717, 1.165) is 35.1 Å². The normalized spacial score (nSPS) is 13.9. The summed E-state index contributed by atoms with van der Waals surface area (Å²) in [5, 5.41) is 14.6. The van der Waals surface area contributed by atoms with Gasteiger partial charge in [0.05, 0.1) is 36.4 Å². The molecule has 196 valence electrons. The molecule has 0 spiro atoms. The molecular weight excluding hydrogens is 509 g/mol. The van der Waals surface area contributed by atoms with Crippen molar-refractivity contribution in [3.63, 3.8) is 0 Å². The number of halogens is 1. The number of carbonyl (C=O) groups excluding carboxylic acids is 1. The summed E-state index contributed by atoms with van der Waals surface area (Å²) in [6.45, 7) is 0. The number of methoxy groups -OCH3 is 1. The fourth-order valence-electron chi connectivity index (χ4n) is 5.08. The first kappa shape index (κ1) is 24.0. The molecule has 9 nitrogen and oxygen atoms in total. The number of benzene rings is 2. The number of aromatic nitrogens is 7. The molecule has 1 aliphatic rings. The van der Waals surface area contributed by atoms with Crippen LogP contribution in [0, 0.1) is 5.82 Å². The molecule has 0 unspecified atom stereocenters. The minimum atomic E-state index is -0.422. The summed E-state index contributed by atoms with van der Waals surface area (Å²) in [6.07, 6.45) is 6.80. The Labute approximate surface area is 227 Å². The minimum absolute atomic E-state index is 0.0593. The topological polar surface area (TPSA) is 108 Å². The largest absolute Gasteiger partial charge is 0.469 e. The third-order valence-corrected chi connectivity index (χ3v) is 7.42. The third kappa shape index (κ3) is 4.05. The first-order chi connectivity index (χ1) is 19.5. The first-order valence-electron chi connectivity index (χ1n) is 12.8. The van der Waals surface area contributed by atoms with Crippen LogP contribution in [0.1, 0.15) is 29.9 Å². The highest BCUT2D eigenvalue weighted by Gasteiger charge is 2.50. The number of esters is 1. The van der Waals surface area contributed by atoms with E-state index >= 15 is 4.39 Å². The van der Waals surface area contributed by atoms with Gasteiger partial charge in [-0.15, -0.1) is 10.2 Å². The van der Waals surface area contributed by atoms with Crippen molar-refractivity contribution in [1.29, 1.82) is 0 Å². The molecule has 0 atom stereocenters. The Kier molecular flexibility index (Phi) is 5.55. The van der Waals surface area contributed by atoms with Gasteiger partial charge >= 0.3 is 5.97 Å². The van der Waals surface area contributed by atoms with Gasteiger partial charge in [0, 0.05) is 34.5 Å². The first-order valence-corrected chi connectivity index (χ1v) is 12.8. The molecule has 6 aromatic rings. The summed E-state index contributed by atoms with van der Waals surface area (Å²) in [6, 6.07) is 18.6. The summed E-state index contributed by atoms with van der Waals surface area (Å²) in [5.41, 5.74) is 4.39. The lowest BCUT2D eigenvalue weighted by atomic mass is 9.94. The molecule has 0 N–H and O–H groups in total. The second-order valence-electron chi connectivity index (χ2n) is 9.86. The Bertz CT molecular complexity index is 1920. The van der Waals surface area contributed by atoms with Crippen molar-refractivity contribution in [2.75, 3.05) is 7.11 Å². The smallest absolute Gasteiger partial charge is 0.311 e. The van der Waals surface area contributed by atoms with E-state index in [1.165, 1.54) is 13.2 Å². The second kappa shape index (κ2) is 9.26. The van der Waals surface area contributed by atoms with E-state index in [1.807, 2.05) is 18.2 Å². The number of fused-ring (bicyclic) bond motifs is 2. The van der Waals surface area contributed by atoms with E-state index in [0.29, 0.717) is 33.9 Å². The highest BCUT2D eigenvalue weighted by Crippen LogP contribution is 2.53. The van der Waals surface area contributed by atoms with Crippen LogP contribution in [0.4, 0.5) is 4.39 Å². The number of hydrogen-bond acceptors (Lipinski definition) is 8. The lowest BCUT2D eigenvalue weighted by molar-refractivity contribution is -0.139. The standard InChI is InChI=1S/C30H22FN7O2/c1-40-27(39)15-22-7-4-20(16-33-22)23-8-5-19(14-24(23)31)26-17-34-29-36-35-28(38(29)37-26)30(10-11-30)21-6-9-25-18(13-21)3-2-12-32-25/h2-9,12-14,16-17H,10-11,15H2,1H3. The van der Waals surface area contributed by atoms with Crippen molar-refractivity contribution in [1.82, 2.24) is 34.8 Å². The molecule has 0 radical (unpaired) electrons. The van der Waals surface area contributed by atoms with Gasteiger partial charge in [0.15, 0.2) is 5.82 Å². The SMILES string of the molecule is COC(=O)Cc1ccc(-c2ccc(-c3cnc4nnc(C5(c6ccc7ncccc7c6)CC5)n4n3)cc2F)cn1. The number of pyridine rings is 2. The van der Waals surface area contributed by atoms with Crippen LogP contribution in [0.15, 0.2) is 79.3 Å². The van der Waals surface area contributed by atoms with Crippen molar-refractivity contribution in [2.24, 2.45) is 0 Å². The maximum Gasteiger partial charge on any atom is 0.311 e. The molecule has 1 aliphatic carbocycles. The molecule has 0 aliphatic heterocycles. The minimum Gasteiger partial charge on any atom is -0.469 e. The summed E-state index contributed by atoms with van der Waals surface area (Å²) >= 11 is 0. The Hall–Kier alpha value is -5.12. The van der Waals surface area contributed by atoms with Crippen LogP contribution in [0.3, 0.4) is 0 Å². The van der Waals surface area contributed by atoms with Crippen LogP contribution in [0.25, 0.3) is 39.1 Å². The number of rotatable bonds is 6. The predicted molar refractivity (Wildman–Crippen MR) is 145 cm³/mol. The second-order valence-corrected chi connectivity index (χ2v) is 9.86. The van der Waals surface area contributed by atoms with Crippen molar-refractivity contribution in [2.45, 2.75) is 24.7 Å². The molecule has 7 rings (SSSR count). The zero-order valence-electron chi connectivity index (χ0n) is 21.5. The Morgan fingerprint density at radius 3 is 2.62 bits per heavy atom. The van der Waals surface area contributed by atoms with E-state index in [-0.39, 0.29) is 17.8 Å². The molecule has 4 heterocycles. The Morgan fingerprint density at radius 2 is 1.85 bits per heavy atom. The average molecular weight is 532 g/mol. The van der Waals surface area contributed by atoms with E-state index in [1.54, 1.807) is 47.4 Å². The number of ether oxygens (including phenoxy) is 1. The van der Waals surface area contributed by atoms with Gasteiger partial charge in [0.1, 0.15) is 11.5 Å². The van der Waals surface area contributed by atoms with Crippen LogP contribution in [0.2, 0.25) is 0 Å².